The predicted molar refractivity (Wildman–Crippen MR) is 78.4 cm³/mol. The highest BCUT2D eigenvalue weighted by atomic mass is 32.1. The number of aromatic nitrogens is 1. The number of halogens is 3. The van der Waals surface area contributed by atoms with Gasteiger partial charge in [0, 0.05) is 17.6 Å². The van der Waals surface area contributed by atoms with Crippen LogP contribution < -0.4 is 0 Å². The lowest BCUT2D eigenvalue weighted by atomic mass is 9.96. The summed E-state index contributed by atoms with van der Waals surface area (Å²) in [4.78, 5) is 28.1. The molecule has 2 heterocycles. The van der Waals surface area contributed by atoms with Gasteiger partial charge in [-0.1, -0.05) is 0 Å². The van der Waals surface area contributed by atoms with E-state index in [0.29, 0.717) is 29.9 Å². The number of carboxylic acid groups (broad SMARTS) is 1. The van der Waals surface area contributed by atoms with Gasteiger partial charge < -0.3 is 15.1 Å². The summed E-state index contributed by atoms with van der Waals surface area (Å²) in [6.07, 6.45) is -5.12. The summed E-state index contributed by atoms with van der Waals surface area (Å²) in [5.41, 5.74) is -3.13. The van der Waals surface area contributed by atoms with E-state index in [1.165, 1.54) is 12.3 Å². The lowest BCUT2D eigenvalue weighted by Crippen LogP contribution is -2.52. The summed E-state index contributed by atoms with van der Waals surface area (Å²) in [5.74, 6) is -2.31. The first-order chi connectivity index (χ1) is 11.1. The largest absolute Gasteiger partial charge is 0.480 e. The Hall–Kier alpha value is -1.68. The van der Waals surface area contributed by atoms with E-state index < -0.39 is 41.1 Å². The first-order valence-electron chi connectivity index (χ1n) is 7.30. The number of carbonyl (C=O) groups excluding carboxylic acids is 1. The zero-order valence-electron chi connectivity index (χ0n) is 12.8. The van der Waals surface area contributed by atoms with E-state index in [9.17, 15) is 27.9 Å². The molecule has 24 heavy (non-hydrogen) atoms. The number of aliphatic carboxylic acids is 1. The Morgan fingerprint density at radius 1 is 1.42 bits per heavy atom. The highest BCUT2D eigenvalue weighted by molar-refractivity contribution is 7.09. The molecule has 10 heteroatoms. The van der Waals surface area contributed by atoms with Crippen LogP contribution in [0.1, 0.15) is 36.4 Å². The van der Waals surface area contributed by atoms with Crippen molar-refractivity contribution in [3.63, 3.8) is 0 Å². The van der Waals surface area contributed by atoms with Crippen LogP contribution in [0.2, 0.25) is 0 Å². The third-order valence-corrected chi connectivity index (χ3v) is 5.07. The number of carbonyl (C=O) groups is 2. The molecule has 2 rings (SSSR count). The number of aryl methyl sites for hydroxylation is 1. The smallest absolute Gasteiger partial charge is 0.424 e. The molecular weight excluding hydrogens is 349 g/mol. The molecule has 2 N–H and O–H groups in total. The van der Waals surface area contributed by atoms with Crippen molar-refractivity contribution in [2.75, 3.05) is 6.54 Å². The molecule has 1 aliphatic heterocycles. The molecule has 0 radical (unpaired) electrons. The number of carboxylic acids is 1. The zero-order valence-corrected chi connectivity index (χ0v) is 13.7. The molecule has 2 unspecified atom stereocenters. The number of thiazole rings is 1. The second-order valence-corrected chi connectivity index (χ2v) is 6.62. The van der Waals surface area contributed by atoms with Crippen LogP contribution in [0.4, 0.5) is 13.2 Å². The van der Waals surface area contributed by atoms with Gasteiger partial charge in [0.05, 0.1) is 6.42 Å². The highest BCUT2D eigenvalue weighted by Crippen LogP contribution is 2.43. The molecule has 1 saturated heterocycles. The van der Waals surface area contributed by atoms with E-state index in [4.69, 9.17) is 5.11 Å². The number of hydrogen-bond donors (Lipinski definition) is 2. The third kappa shape index (κ3) is 3.54. The van der Waals surface area contributed by atoms with Crippen molar-refractivity contribution in [3.8, 4) is 0 Å². The van der Waals surface area contributed by atoms with Gasteiger partial charge in [0.2, 0.25) is 11.5 Å². The average molecular weight is 366 g/mol. The van der Waals surface area contributed by atoms with Crippen LogP contribution in [-0.2, 0) is 15.2 Å². The maximum absolute atomic E-state index is 13.4. The topological polar surface area (TPSA) is 90.7 Å². The minimum atomic E-state index is -5.11. The number of rotatable bonds is 4. The molecule has 1 amide bonds. The first-order valence-corrected chi connectivity index (χ1v) is 8.18. The standard InChI is InChI=1S/C14H17F3N2O4S/c1-8-7-24-12(18-8)13(23,14(15,16)17)6-10(20)19-5-3-2-4-9(19)11(21)22/h7,9,23H,2-6H2,1H3,(H,21,22). The van der Waals surface area contributed by atoms with Crippen molar-refractivity contribution < 1.29 is 33.0 Å². The quantitative estimate of drug-likeness (QED) is 0.851. The van der Waals surface area contributed by atoms with Crippen LogP contribution >= 0.6 is 11.3 Å². The Morgan fingerprint density at radius 3 is 2.58 bits per heavy atom. The lowest BCUT2D eigenvalue weighted by Gasteiger charge is -2.36. The van der Waals surface area contributed by atoms with Crippen LogP contribution in [0.5, 0.6) is 0 Å². The van der Waals surface area contributed by atoms with Gasteiger partial charge >= 0.3 is 12.1 Å². The maximum Gasteiger partial charge on any atom is 0.424 e. The van der Waals surface area contributed by atoms with Gasteiger partial charge in [-0.25, -0.2) is 9.78 Å². The Labute approximate surface area is 139 Å². The molecule has 1 fully saturated rings. The van der Waals surface area contributed by atoms with Gasteiger partial charge in [-0.3, -0.25) is 4.79 Å². The summed E-state index contributed by atoms with van der Waals surface area (Å²) in [6.45, 7) is 1.53. The fourth-order valence-corrected chi connectivity index (χ4v) is 3.56. The van der Waals surface area contributed by atoms with E-state index >= 15 is 0 Å². The minimum absolute atomic E-state index is 0.0562. The predicted octanol–water partition coefficient (Wildman–Crippen LogP) is 2.06. The van der Waals surface area contributed by atoms with Gasteiger partial charge in [0.1, 0.15) is 11.0 Å². The molecule has 1 aliphatic rings. The Kier molecular flexibility index (Phi) is 5.19. The van der Waals surface area contributed by atoms with E-state index in [-0.39, 0.29) is 13.0 Å². The second kappa shape index (κ2) is 6.67. The molecule has 0 spiro atoms. The van der Waals surface area contributed by atoms with Gasteiger partial charge in [0.25, 0.3) is 0 Å². The second-order valence-electron chi connectivity index (χ2n) is 5.77. The Bertz CT molecular complexity index is 634. The fourth-order valence-electron chi connectivity index (χ4n) is 2.65. The summed E-state index contributed by atoms with van der Waals surface area (Å²) in [5, 5.41) is 20.1. The molecule has 0 aromatic carbocycles. The maximum atomic E-state index is 13.4. The van der Waals surface area contributed by atoms with Crippen molar-refractivity contribution in [1.82, 2.24) is 9.88 Å². The summed E-state index contributed by atoms with van der Waals surface area (Å²) in [7, 11) is 0. The third-order valence-electron chi connectivity index (χ3n) is 3.96. The van der Waals surface area contributed by atoms with Crippen LogP contribution in [0.3, 0.4) is 0 Å². The molecule has 0 saturated carbocycles. The van der Waals surface area contributed by atoms with Gasteiger partial charge in [-0.05, 0) is 26.2 Å². The highest BCUT2D eigenvalue weighted by Gasteiger charge is 2.58. The lowest BCUT2D eigenvalue weighted by molar-refractivity contribution is -0.268. The first kappa shape index (κ1) is 18.7. The van der Waals surface area contributed by atoms with Gasteiger partial charge in [-0.2, -0.15) is 13.2 Å². The molecule has 6 nitrogen and oxygen atoms in total. The Morgan fingerprint density at radius 2 is 2.08 bits per heavy atom. The fraction of sp³-hybridized carbons (Fsp3) is 0.643. The molecule has 0 bridgehead atoms. The van der Waals surface area contributed by atoms with E-state index in [0.717, 1.165) is 4.90 Å². The van der Waals surface area contributed by atoms with Crippen LogP contribution in [0, 0.1) is 6.92 Å². The zero-order chi connectivity index (χ0) is 18.1. The number of nitrogens with zero attached hydrogens (tertiary/aromatic N) is 2. The average Bonchev–Trinajstić information content (AvgIpc) is 2.93. The normalized spacial score (nSPS) is 21.4. The van der Waals surface area contributed by atoms with Gasteiger partial charge in [-0.15, -0.1) is 11.3 Å². The number of alkyl halides is 3. The van der Waals surface area contributed by atoms with Crippen molar-refractivity contribution in [1.29, 1.82) is 0 Å². The number of likely N-dealkylation sites (tertiary alicyclic amines) is 1. The van der Waals surface area contributed by atoms with Crippen molar-refractivity contribution in [3.05, 3.63) is 16.1 Å². The SMILES string of the molecule is Cc1csc(C(O)(CC(=O)N2CCCCC2C(=O)O)C(F)(F)F)n1. The van der Waals surface area contributed by atoms with Crippen molar-refractivity contribution in [2.24, 2.45) is 0 Å². The summed E-state index contributed by atoms with van der Waals surface area (Å²) in [6, 6.07) is -1.17. The van der Waals surface area contributed by atoms with Crippen LogP contribution in [0.15, 0.2) is 5.38 Å². The van der Waals surface area contributed by atoms with Gasteiger partial charge in [0.15, 0.2) is 0 Å². The van der Waals surface area contributed by atoms with Crippen molar-refractivity contribution in [2.45, 2.75) is 50.4 Å². The molecule has 1 aromatic rings. The van der Waals surface area contributed by atoms with Crippen molar-refractivity contribution >= 4 is 23.2 Å². The molecule has 134 valence electrons. The van der Waals surface area contributed by atoms with Crippen LogP contribution in [-0.4, -0.2) is 50.7 Å². The Balaban J connectivity index is 2.29. The summed E-state index contributed by atoms with van der Waals surface area (Å²) >= 11 is 0.611. The monoisotopic (exact) mass is 366 g/mol. The summed E-state index contributed by atoms with van der Waals surface area (Å²) < 4.78 is 40.2. The minimum Gasteiger partial charge on any atom is -0.480 e. The number of piperidine rings is 1. The van der Waals surface area contributed by atoms with E-state index in [1.807, 2.05) is 0 Å². The molecular formula is C14H17F3N2O4S. The number of hydrogen-bond acceptors (Lipinski definition) is 5. The van der Waals surface area contributed by atoms with E-state index in [2.05, 4.69) is 4.98 Å². The van der Waals surface area contributed by atoms with E-state index in [1.54, 1.807) is 0 Å². The molecule has 1 aromatic heterocycles. The molecule has 0 aliphatic carbocycles. The molecule has 2 atom stereocenters. The van der Waals surface area contributed by atoms with Crippen LogP contribution in [0.25, 0.3) is 0 Å². The number of aliphatic hydroxyl groups is 1. The number of amides is 1.